The zero-order chi connectivity index (χ0) is 18.1. The Balaban J connectivity index is 1.76. The number of hydrogen-bond acceptors (Lipinski definition) is 3. The van der Waals surface area contributed by atoms with Gasteiger partial charge in [-0.1, -0.05) is 49.6 Å². The van der Waals surface area contributed by atoms with E-state index in [-0.39, 0.29) is 5.41 Å². The monoisotopic (exact) mass is 350 g/mol. The molecule has 3 heteroatoms. The summed E-state index contributed by atoms with van der Waals surface area (Å²) in [4.78, 5) is 13.5. The highest BCUT2D eigenvalue weighted by molar-refractivity contribution is 6.06. The molecule has 2 aromatic carbocycles. The van der Waals surface area contributed by atoms with Crippen LogP contribution in [0.2, 0.25) is 0 Å². The molecule has 0 heterocycles. The Morgan fingerprint density at radius 1 is 1.00 bits per heavy atom. The number of benzene rings is 2. The third kappa shape index (κ3) is 2.61. The fourth-order valence-electron chi connectivity index (χ4n) is 5.06. The van der Waals surface area contributed by atoms with Crippen LogP contribution in [0.1, 0.15) is 59.5 Å². The fraction of sp³-hybridized carbons (Fsp3) is 0.435. The zero-order valence-electron chi connectivity index (χ0n) is 15.6. The molecule has 0 spiro atoms. The molecule has 0 aliphatic heterocycles. The molecule has 0 aromatic heterocycles. The summed E-state index contributed by atoms with van der Waals surface area (Å²) >= 11 is 0. The largest absolute Gasteiger partial charge is 0.493 e. The Labute approximate surface area is 155 Å². The van der Waals surface area contributed by atoms with Crippen molar-refractivity contribution in [3.05, 3.63) is 59.2 Å². The molecule has 2 unspecified atom stereocenters. The molecule has 136 valence electrons. The molecule has 3 nitrogen and oxygen atoms in total. The predicted octanol–water partition coefficient (Wildman–Crippen LogP) is 5.18. The zero-order valence-corrected chi connectivity index (χ0v) is 15.6. The highest BCUT2D eigenvalue weighted by Crippen LogP contribution is 2.55. The number of carbonyl (C=O) groups excluding carboxylic acids is 1. The summed E-state index contributed by atoms with van der Waals surface area (Å²) in [5, 5.41) is 0. The minimum atomic E-state index is -0.306. The van der Waals surface area contributed by atoms with Crippen LogP contribution in [0, 0.1) is 5.41 Å². The Kier molecular flexibility index (Phi) is 4.47. The van der Waals surface area contributed by atoms with Crippen LogP contribution >= 0.6 is 0 Å². The van der Waals surface area contributed by atoms with Gasteiger partial charge in [-0.3, -0.25) is 4.79 Å². The van der Waals surface area contributed by atoms with E-state index in [0.717, 1.165) is 48.3 Å². The maximum absolute atomic E-state index is 13.5. The normalized spacial score (nSPS) is 24.5. The van der Waals surface area contributed by atoms with Crippen LogP contribution in [0.25, 0.3) is 0 Å². The lowest BCUT2D eigenvalue weighted by Gasteiger charge is -2.33. The maximum Gasteiger partial charge on any atom is 0.170 e. The molecule has 26 heavy (non-hydrogen) atoms. The number of ketones is 1. The summed E-state index contributed by atoms with van der Waals surface area (Å²) in [7, 11) is 3.31. The van der Waals surface area contributed by atoms with E-state index >= 15 is 0 Å². The van der Waals surface area contributed by atoms with E-state index in [1.165, 1.54) is 18.4 Å². The van der Waals surface area contributed by atoms with E-state index in [4.69, 9.17) is 9.47 Å². The molecular weight excluding hydrogens is 324 g/mol. The van der Waals surface area contributed by atoms with Crippen molar-refractivity contribution in [2.45, 2.75) is 44.4 Å². The third-order valence-electron chi connectivity index (χ3n) is 6.28. The summed E-state index contributed by atoms with van der Waals surface area (Å²) in [5.74, 6) is 2.14. The molecular formula is C23H26O3. The lowest BCUT2D eigenvalue weighted by atomic mass is 9.68. The van der Waals surface area contributed by atoms with Gasteiger partial charge in [-0.15, -0.1) is 0 Å². The number of hydrogen-bond donors (Lipinski definition) is 0. The fourth-order valence-corrected chi connectivity index (χ4v) is 5.06. The van der Waals surface area contributed by atoms with Gasteiger partial charge in [0.2, 0.25) is 0 Å². The van der Waals surface area contributed by atoms with Crippen molar-refractivity contribution in [2.24, 2.45) is 5.41 Å². The first-order valence-corrected chi connectivity index (χ1v) is 9.54. The summed E-state index contributed by atoms with van der Waals surface area (Å²) in [6, 6.07) is 14.3. The van der Waals surface area contributed by atoms with Gasteiger partial charge >= 0.3 is 0 Å². The van der Waals surface area contributed by atoms with Crippen LogP contribution < -0.4 is 9.47 Å². The summed E-state index contributed by atoms with van der Waals surface area (Å²) in [6.07, 6.45) is 6.41. The van der Waals surface area contributed by atoms with E-state index in [2.05, 4.69) is 18.2 Å². The van der Waals surface area contributed by atoms with Crippen molar-refractivity contribution in [1.29, 1.82) is 0 Å². The first kappa shape index (κ1) is 17.1. The van der Waals surface area contributed by atoms with Crippen molar-refractivity contribution in [2.75, 3.05) is 14.2 Å². The summed E-state index contributed by atoms with van der Waals surface area (Å²) in [5.41, 5.74) is 3.05. The van der Waals surface area contributed by atoms with Gasteiger partial charge in [0, 0.05) is 11.0 Å². The number of fused-ring (bicyclic) bond motifs is 3. The predicted molar refractivity (Wildman–Crippen MR) is 102 cm³/mol. The molecule has 2 aromatic rings. The van der Waals surface area contributed by atoms with Gasteiger partial charge in [0.05, 0.1) is 14.2 Å². The Hall–Kier alpha value is -2.29. The second-order valence-corrected chi connectivity index (χ2v) is 7.59. The number of ether oxygens (including phenoxy) is 2. The number of carbonyl (C=O) groups is 1. The van der Waals surface area contributed by atoms with Crippen molar-refractivity contribution in [3.8, 4) is 11.5 Å². The lowest BCUT2D eigenvalue weighted by Crippen LogP contribution is -2.33. The van der Waals surface area contributed by atoms with Crippen LogP contribution in [-0.2, 0) is 6.42 Å². The molecule has 2 atom stereocenters. The minimum Gasteiger partial charge on any atom is -0.493 e. The number of rotatable bonds is 4. The molecule has 0 radical (unpaired) electrons. The van der Waals surface area contributed by atoms with Crippen LogP contribution in [0.4, 0.5) is 0 Å². The molecule has 0 saturated heterocycles. The van der Waals surface area contributed by atoms with Gasteiger partial charge in [0.15, 0.2) is 17.3 Å². The van der Waals surface area contributed by atoms with E-state index < -0.39 is 0 Å². The molecule has 2 aliphatic rings. The van der Waals surface area contributed by atoms with Crippen molar-refractivity contribution >= 4 is 5.78 Å². The third-order valence-corrected chi connectivity index (χ3v) is 6.28. The Bertz CT molecular complexity index is 826. The first-order chi connectivity index (χ1) is 12.7. The average Bonchev–Trinajstić information content (AvgIpc) is 2.81. The first-order valence-electron chi connectivity index (χ1n) is 9.54. The highest BCUT2D eigenvalue weighted by atomic mass is 16.5. The standard InChI is InChI=1S/C23H26O3/c1-25-20-12-11-16(14-21(20)26-2)15-23-13-7-3-4-10-19(23)17-8-5-6-9-18(17)22(23)24/h5-6,8-9,11-12,14,19H,3-4,7,10,13,15H2,1-2H3. The molecule has 1 fully saturated rings. The van der Waals surface area contributed by atoms with Gasteiger partial charge in [-0.2, -0.15) is 0 Å². The Morgan fingerprint density at radius 2 is 1.81 bits per heavy atom. The summed E-state index contributed by atoms with van der Waals surface area (Å²) in [6.45, 7) is 0. The van der Waals surface area contributed by atoms with Crippen LogP contribution in [0.15, 0.2) is 42.5 Å². The van der Waals surface area contributed by atoms with E-state index in [1.54, 1.807) is 14.2 Å². The van der Waals surface area contributed by atoms with Gasteiger partial charge < -0.3 is 9.47 Å². The van der Waals surface area contributed by atoms with E-state index in [9.17, 15) is 4.79 Å². The quantitative estimate of drug-likeness (QED) is 0.762. The van der Waals surface area contributed by atoms with E-state index in [0.29, 0.717) is 11.7 Å². The van der Waals surface area contributed by atoms with Gasteiger partial charge in [-0.25, -0.2) is 0 Å². The number of Topliss-reactive ketones (excluding diaryl/α,β-unsaturated/α-hetero) is 1. The van der Waals surface area contributed by atoms with Crippen molar-refractivity contribution in [3.63, 3.8) is 0 Å². The topological polar surface area (TPSA) is 35.5 Å². The van der Waals surface area contributed by atoms with Crippen molar-refractivity contribution < 1.29 is 14.3 Å². The molecule has 0 bridgehead atoms. The maximum atomic E-state index is 13.5. The van der Waals surface area contributed by atoms with Crippen molar-refractivity contribution in [1.82, 2.24) is 0 Å². The molecule has 1 saturated carbocycles. The minimum absolute atomic E-state index is 0.306. The lowest BCUT2D eigenvalue weighted by molar-refractivity contribution is 0.0762. The summed E-state index contributed by atoms with van der Waals surface area (Å²) < 4.78 is 10.8. The second-order valence-electron chi connectivity index (χ2n) is 7.59. The SMILES string of the molecule is COc1ccc(CC23CCCCCC2c2ccccc2C3=O)cc1OC. The van der Waals surface area contributed by atoms with Crippen LogP contribution in [0.5, 0.6) is 11.5 Å². The second kappa shape index (κ2) is 6.79. The molecule has 0 amide bonds. The Morgan fingerprint density at radius 3 is 2.62 bits per heavy atom. The average molecular weight is 350 g/mol. The van der Waals surface area contributed by atoms with Crippen LogP contribution in [0.3, 0.4) is 0 Å². The smallest absolute Gasteiger partial charge is 0.170 e. The molecule has 2 aliphatic carbocycles. The molecule has 0 N–H and O–H groups in total. The number of methoxy groups -OCH3 is 2. The van der Waals surface area contributed by atoms with E-state index in [1.807, 2.05) is 24.3 Å². The highest BCUT2D eigenvalue weighted by Gasteiger charge is 2.52. The van der Waals surface area contributed by atoms with Gasteiger partial charge in [-0.05, 0) is 48.4 Å². The molecule has 4 rings (SSSR count). The van der Waals surface area contributed by atoms with Gasteiger partial charge in [0.1, 0.15) is 0 Å². The van der Waals surface area contributed by atoms with Crippen LogP contribution in [-0.4, -0.2) is 20.0 Å². The van der Waals surface area contributed by atoms with Gasteiger partial charge in [0.25, 0.3) is 0 Å².